The summed E-state index contributed by atoms with van der Waals surface area (Å²) < 4.78 is 30.2. The van der Waals surface area contributed by atoms with E-state index in [4.69, 9.17) is 14.2 Å². The average Bonchev–Trinajstić information content (AvgIpc) is 3.34. The molecule has 2 aromatic rings. The van der Waals surface area contributed by atoms with Crippen molar-refractivity contribution in [3.8, 4) is 5.75 Å². The molecule has 4 rings (SSSR count). The first kappa shape index (κ1) is 21.7. The Kier molecular flexibility index (Phi) is 7.51. The van der Waals surface area contributed by atoms with Crippen LogP contribution in [0.25, 0.3) is 0 Å². The molecule has 0 radical (unpaired) electrons. The van der Waals surface area contributed by atoms with Gasteiger partial charge in [-0.15, -0.1) is 0 Å². The van der Waals surface area contributed by atoms with E-state index in [-0.39, 0.29) is 23.9 Å². The van der Waals surface area contributed by atoms with Crippen molar-refractivity contribution >= 4 is 5.91 Å². The van der Waals surface area contributed by atoms with Gasteiger partial charge in [-0.2, -0.15) is 0 Å². The fourth-order valence-corrected chi connectivity index (χ4v) is 3.99. The van der Waals surface area contributed by atoms with Gasteiger partial charge in [-0.05, 0) is 54.8 Å². The molecule has 2 aromatic carbocycles. The quantitative estimate of drug-likeness (QED) is 0.700. The van der Waals surface area contributed by atoms with Crippen molar-refractivity contribution in [2.24, 2.45) is 0 Å². The van der Waals surface area contributed by atoms with Gasteiger partial charge in [0, 0.05) is 31.8 Å². The van der Waals surface area contributed by atoms with Gasteiger partial charge in [-0.25, -0.2) is 4.39 Å². The number of hydrogen-bond acceptors (Lipinski definition) is 5. The number of morpholine rings is 1. The Morgan fingerprint density at radius 1 is 1.10 bits per heavy atom. The summed E-state index contributed by atoms with van der Waals surface area (Å²) >= 11 is 0. The van der Waals surface area contributed by atoms with E-state index in [2.05, 4.69) is 10.2 Å². The Bertz CT molecular complexity index is 832. The van der Waals surface area contributed by atoms with Crippen molar-refractivity contribution in [1.29, 1.82) is 0 Å². The predicted octanol–water partition coefficient (Wildman–Crippen LogP) is 3.19. The summed E-state index contributed by atoms with van der Waals surface area (Å²) in [6, 6.07) is 13.6. The number of ether oxygens (including phenoxy) is 3. The minimum atomic E-state index is -0.268. The Morgan fingerprint density at radius 3 is 2.52 bits per heavy atom. The van der Waals surface area contributed by atoms with E-state index < -0.39 is 0 Å². The van der Waals surface area contributed by atoms with Gasteiger partial charge in [0.1, 0.15) is 18.2 Å². The highest BCUT2D eigenvalue weighted by Crippen LogP contribution is 2.22. The van der Waals surface area contributed by atoms with Crippen molar-refractivity contribution in [2.45, 2.75) is 25.0 Å². The van der Waals surface area contributed by atoms with Crippen LogP contribution in [0, 0.1) is 5.82 Å². The van der Waals surface area contributed by atoms with Crippen LogP contribution in [0.15, 0.2) is 48.5 Å². The fourth-order valence-electron chi connectivity index (χ4n) is 3.99. The second-order valence-electron chi connectivity index (χ2n) is 7.90. The standard InChI is InChI=1S/C24H29FN2O4/c25-20-7-3-18(4-8-20)23(27-11-14-29-15-12-27)16-26-24(28)19-5-9-21(10-6-19)31-17-22-2-1-13-30-22/h3-10,22-23H,1-2,11-17H2,(H,26,28). The second-order valence-corrected chi connectivity index (χ2v) is 7.90. The average molecular weight is 429 g/mol. The first-order valence-corrected chi connectivity index (χ1v) is 10.9. The molecule has 2 fully saturated rings. The van der Waals surface area contributed by atoms with Crippen LogP contribution in [-0.4, -0.2) is 63.0 Å². The Labute approximate surface area is 182 Å². The van der Waals surface area contributed by atoms with Crippen LogP contribution in [0.4, 0.5) is 4.39 Å². The van der Waals surface area contributed by atoms with Crippen LogP contribution in [-0.2, 0) is 9.47 Å². The number of nitrogens with zero attached hydrogens (tertiary/aromatic N) is 1. The van der Waals surface area contributed by atoms with Gasteiger partial charge in [0.05, 0.1) is 25.4 Å². The Morgan fingerprint density at radius 2 is 1.84 bits per heavy atom. The van der Waals surface area contributed by atoms with Crippen molar-refractivity contribution in [3.05, 3.63) is 65.5 Å². The molecule has 166 valence electrons. The van der Waals surface area contributed by atoms with Crippen molar-refractivity contribution in [2.75, 3.05) is 46.1 Å². The maximum atomic E-state index is 13.4. The molecular weight excluding hydrogens is 399 g/mol. The molecule has 2 atom stereocenters. The lowest BCUT2D eigenvalue weighted by Gasteiger charge is -2.35. The topological polar surface area (TPSA) is 60.0 Å². The number of carbonyl (C=O) groups excluding carboxylic acids is 1. The Hall–Kier alpha value is -2.48. The first-order valence-electron chi connectivity index (χ1n) is 10.9. The molecule has 2 saturated heterocycles. The summed E-state index contributed by atoms with van der Waals surface area (Å²) in [5.74, 6) is 0.311. The van der Waals surface area contributed by atoms with Crippen LogP contribution < -0.4 is 10.1 Å². The van der Waals surface area contributed by atoms with Gasteiger partial charge in [-0.3, -0.25) is 9.69 Å². The fraction of sp³-hybridized carbons (Fsp3) is 0.458. The van der Waals surface area contributed by atoms with E-state index in [1.807, 2.05) is 12.1 Å². The van der Waals surface area contributed by atoms with E-state index in [0.717, 1.165) is 43.9 Å². The van der Waals surface area contributed by atoms with E-state index in [9.17, 15) is 9.18 Å². The summed E-state index contributed by atoms with van der Waals surface area (Å²) in [6.07, 6.45) is 2.27. The zero-order valence-electron chi connectivity index (χ0n) is 17.6. The molecule has 0 aliphatic carbocycles. The highest BCUT2D eigenvalue weighted by atomic mass is 19.1. The molecule has 0 spiro atoms. The lowest BCUT2D eigenvalue weighted by Crippen LogP contribution is -2.43. The van der Waals surface area contributed by atoms with Crippen molar-refractivity contribution in [3.63, 3.8) is 0 Å². The van der Waals surface area contributed by atoms with E-state index in [1.165, 1.54) is 12.1 Å². The van der Waals surface area contributed by atoms with Gasteiger partial charge >= 0.3 is 0 Å². The molecule has 2 heterocycles. The SMILES string of the molecule is O=C(NCC(c1ccc(F)cc1)N1CCOCC1)c1ccc(OCC2CCCO2)cc1. The molecule has 1 amide bonds. The van der Waals surface area contributed by atoms with Gasteiger partial charge in [0.25, 0.3) is 5.91 Å². The van der Waals surface area contributed by atoms with Gasteiger partial charge < -0.3 is 19.5 Å². The van der Waals surface area contributed by atoms with E-state index in [0.29, 0.717) is 31.9 Å². The zero-order valence-corrected chi connectivity index (χ0v) is 17.6. The molecule has 7 heteroatoms. The summed E-state index contributed by atoms with van der Waals surface area (Å²) in [5.41, 5.74) is 1.55. The van der Waals surface area contributed by atoms with Crippen molar-refractivity contribution in [1.82, 2.24) is 10.2 Å². The molecule has 2 unspecified atom stereocenters. The summed E-state index contributed by atoms with van der Waals surface area (Å²) in [5, 5.41) is 3.03. The maximum Gasteiger partial charge on any atom is 0.251 e. The van der Waals surface area contributed by atoms with Crippen molar-refractivity contribution < 1.29 is 23.4 Å². The molecule has 2 aliphatic heterocycles. The minimum Gasteiger partial charge on any atom is -0.491 e. The highest BCUT2D eigenvalue weighted by Gasteiger charge is 2.23. The molecule has 2 aliphatic rings. The number of hydrogen-bond donors (Lipinski definition) is 1. The second kappa shape index (κ2) is 10.7. The van der Waals surface area contributed by atoms with Crippen LogP contribution >= 0.6 is 0 Å². The molecule has 0 bridgehead atoms. The maximum absolute atomic E-state index is 13.4. The monoisotopic (exact) mass is 428 g/mol. The number of benzene rings is 2. The summed E-state index contributed by atoms with van der Waals surface area (Å²) in [4.78, 5) is 15.0. The molecule has 0 saturated carbocycles. The number of nitrogens with one attached hydrogen (secondary N) is 1. The molecular formula is C24H29FN2O4. The zero-order chi connectivity index (χ0) is 21.5. The van der Waals surface area contributed by atoms with Gasteiger partial charge in [0.2, 0.25) is 0 Å². The molecule has 0 aromatic heterocycles. The van der Waals surface area contributed by atoms with Crippen LogP contribution in [0.1, 0.15) is 34.8 Å². The first-order chi connectivity index (χ1) is 15.2. The van der Waals surface area contributed by atoms with Gasteiger partial charge in [-0.1, -0.05) is 12.1 Å². The van der Waals surface area contributed by atoms with Crippen LogP contribution in [0.5, 0.6) is 5.75 Å². The molecule has 6 nitrogen and oxygen atoms in total. The van der Waals surface area contributed by atoms with Gasteiger partial charge in [0.15, 0.2) is 0 Å². The number of rotatable bonds is 8. The molecule has 31 heavy (non-hydrogen) atoms. The largest absolute Gasteiger partial charge is 0.491 e. The van der Waals surface area contributed by atoms with Crippen LogP contribution in [0.3, 0.4) is 0 Å². The summed E-state index contributed by atoms with van der Waals surface area (Å²) in [7, 11) is 0. The summed E-state index contributed by atoms with van der Waals surface area (Å²) in [6.45, 7) is 4.62. The number of halogens is 1. The normalized spacial score (nSPS) is 20.4. The third kappa shape index (κ3) is 6.03. The lowest BCUT2D eigenvalue weighted by atomic mass is 10.0. The highest BCUT2D eigenvalue weighted by molar-refractivity contribution is 5.94. The number of carbonyl (C=O) groups is 1. The predicted molar refractivity (Wildman–Crippen MR) is 115 cm³/mol. The molecule has 1 N–H and O–H groups in total. The number of amides is 1. The Balaban J connectivity index is 1.34. The third-order valence-corrected chi connectivity index (χ3v) is 5.77. The minimum absolute atomic E-state index is 0.0394. The third-order valence-electron chi connectivity index (χ3n) is 5.77. The van der Waals surface area contributed by atoms with E-state index >= 15 is 0 Å². The lowest BCUT2D eigenvalue weighted by molar-refractivity contribution is 0.0162. The van der Waals surface area contributed by atoms with Crippen LogP contribution in [0.2, 0.25) is 0 Å². The smallest absolute Gasteiger partial charge is 0.251 e. The van der Waals surface area contributed by atoms with E-state index in [1.54, 1.807) is 24.3 Å².